The predicted octanol–water partition coefficient (Wildman–Crippen LogP) is 25.1. The average Bonchev–Trinajstić information content (AvgIpc) is 1.73. The normalized spacial score (nSPS) is 15.5. The zero-order valence-electron chi connectivity index (χ0n) is 73.1. The summed E-state index contributed by atoms with van der Waals surface area (Å²) in [5.41, 5.74) is 2.22. The Morgan fingerprint density at radius 2 is 0.748 bits per heavy atom. The van der Waals surface area contributed by atoms with E-state index in [2.05, 4.69) is 54.3 Å². The Labute approximate surface area is 736 Å². The van der Waals surface area contributed by atoms with Gasteiger partial charge in [0.2, 0.25) is 0 Å². The molecule has 1 aliphatic rings. The van der Waals surface area contributed by atoms with Gasteiger partial charge in [-0.3, -0.25) is 36.9 Å². The second-order valence-electron chi connectivity index (χ2n) is 33.6. The van der Waals surface area contributed by atoms with Gasteiger partial charge < -0.3 is 38.5 Å². The van der Waals surface area contributed by atoms with Crippen LogP contribution in [-0.4, -0.2) is 102 Å². The minimum Gasteiger partial charge on any atom is -0.477 e. The fourth-order valence-corrected chi connectivity index (χ4v) is 27.0. The number of thiophene rings is 4. The number of carbonyl (C=O) groups is 4. The van der Waals surface area contributed by atoms with Crippen molar-refractivity contribution in [3.8, 4) is 47.4 Å². The molecule has 1 saturated carbocycles. The lowest BCUT2D eigenvalue weighted by Gasteiger charge is -2.41. The Hall–Kier alpha value is -6.59. The van der Waals surface area contributed by atoms with Gasteiger partial charge in [0, 0.05) is 77.2 Å². The van der Waals surface area contributed by atoms with Crippen molar-refractivity contribution in [2.24, 2.45) is 27.6 Å². The summed E-state index contributed by atoms with van der Waals surface area (Å²) in [6, 6.07) is 22.7. The predicted molar refractivity (Wildman–Crippen MR) is 498 cm³/mol. The van der Waals surface area contributed by atoms with Crippen LogP contribution in [0.5, 0.6) is 0 Å². The molecule has 1 fully saturated rings. The van der Waals surface area contributed by atoms with Crippen LogP contribution in [-0.2, 0) is 36.4 Å². The minimum absolute atomic E-state index is 0.0317. The van der Waals surface area contributed by atoms with E-state index < -0.39 is 54.0 Å². The summed E-state index contributed by atoms with van der Waals surface area (Å²) < 4.78 is 85.8. The Morgan fingerprint density at radius 1 is 0.445 bits per heavy atom. The third-order valence-corrected chi connectivity index (χ3v) is 34.2. The van der Waals surface area contributed by atoms with E-state index in [-0.39, 0.29) is 93.6 Å². The van der Waals surface area contributed by atoms with Crippen LogP contribution in [0.15, 0.2) is 84.9 Å². The number of anilines is 4. The number of benzene rings is 3. The first-order chi connectivity index (χ1) is 54.9. The molecule has 0 aliphatic heterocycles. The monoisotopic (exact) mass is 1840 g/mol. The molecular formula is C88H115Cl3N4O16P4S4. The molecule has 4 unspecified atom stereocenters. The molecule has 648 valence electrons. The molecule has 8 rings (SSSR count). The van der Waals surface area contributed by atoms with E-state index in [0.29, 0.717) is 68.7 Å². The fraction of sp³-hybridized carbons (Fsp3) is 0.477. The molecule has 4 aromatic heterocycles. The summed E-state index contributed by atoms with van der Waals surface area (Å²) in [6.45, 7) is 46.8. The molecule has 3 aromatic carbocycles. The van der Waals surface area contributed by atoms with E-state index in [1.165, 1.54) is 38.1 Å². The number of aromatic carboxylic acids is 4. The van der Waals surface area contributed by atoms with Gasteiger partial charge in [-0.25, -0.2) is 19.2 Å². The van der Waals surface area contributed by atoms with Gasteiger partial charge in [-0.1, -0.05) is 107 Å². The van der Waals surface area contributed by atoms with Crippen molar-refractivity contribution >= 4 is 173 Å². The largest absolute Gasteiger partial charge is 0.477 e. The lowest BCUT2D eigenvalue weighted by atomic mass is 9.91. The standard InChI is InChI=1S/C23H30NO4PS.C22H27ClNO4PS.C22H34NO4PS.C21H24Cl2NO4PS/c1-8-28-29(27,18-11-9-17(4)10-12-18)24(16(2)3)20-15-19(13-14-23(5,6)7)30-21(20)22(25)26;1-14(2)24(29(27,28-7)19-9-8-16(23)12-15(19)3)18-13-17(10-11-22(4,5)6)30-20(18)21(25)26;1-15(2)23(28(26,27-7)17-10-8-16(3)9-11-17)19-14-18(12-13-22(4,5)6)29-20(19)21(24)25;1-13(2)24(29(27,28-6)18-8-7-14(22)11-16(18)23)17-12-15(9-10-21(3,4)5)30-19(17)20(25)26/h9-12,15-16H,8H2,1-7H3,(H,25,26);8-9,12-14H,1-7H3,(H,25,26);14-17H,8-11H2,1-7H3,(H,24,25);7-8,11-13H,1-6H3,(H,25,26). The van der Waals surface area contributed by atoms with Gasteiger partial charge in [0.05, 0.1) is 75.5 Å². The van der Waals surface area contributed by atoms with Gasteiger partial charge in [-0.05, 0) is 269 Å². The minimum atomic E-state index is -3.77. The molecule has 0 spiro atoms. The van der Waals surface area contributed by atoms with Crippen LogP contribution in [0.2, 0.25) is 15.1 Å². The van der Waals surface area contributed by atoms with Crippen LogP contribution in [0.3, 0.4) is 0 Å². The molecule has 20 nitrogen and oxygen atoms in total. The topological polar surface area (TPSA) is 267 Å². The van der Waals surface area contributed by atoms with Crippen LogP contribution in [0, 0.1) is 88.8 Å². The number of rotatable bonds is 25. The van der Waals surface area contributed by atoms with Gasteiger partial charge in [0.15, 0.2) is 0 Å². The number of nitrogens with zero attached hydrogens (tertiary/aromatic N) is 4. The fourth-order valence-electron chi connectivity index (χ4n) is 12.4. The van der Waals surface area contributed by atoms with Crippen LogP contribution in [0.4, 0.5) is 22.7 Å². The molecule has 4 heterocycles. The maximum Gasteiger partial charge on any atom is 0.348 e. The third kappa shape index (κ3) is 27.5. The smallest absolute Gasteiger partial charge is 0.348 e. The van der Waals surface area contributed by atoms with Gasteiger partial charge in [-0.15, -0.1) is 45.3 Å². The van der Waals surface area contributed by atoms with E-state index in [1.54, 1.807) is 102 Å². The summed E-state index contributed by atoms with van der Waals surface area (Å²) in [6.07, 6.45) is 3.70. The average molecular weight is 1840 g/mol. The number of carboxylic acids is 4. The lowest BCUT2D eigenvalue weighted by Crippen LogP contribution is -2.35. The second-order valence-corrected chi connectivity index (χ2v) is 48.7. The number of hydrogen-bond donors (Lipinski definition) is 4. The van der Waals surface area contributed by atoms with Crippen molar-refractivity contribution in [2.45, 2.75) is 222 Å². The Morgan fingerprint density at radius 3 is 1.03 bits per heavy atom. The van der Waals surface area contributed by atoms with Crippen molar-refractivity contribution in [3.63, 3.8) is 0 Å². The quantitative estimate of drug-likeness (QED) is 0.0306. The van der Waals surface area contributed by atoms with Crippen LogP contribution < -0.4 is 34.6 Å². The van der Waals surface area contributed by atoms with E-state index in [4.69, 9.17) is 52.9 Å². The van der Waals surface area contributed by atoms with Crippen LogP contribution in [0.1, 0.15) is 247 Å². The number of carboxylic acid groups (broad SMARTS) is 4. The molecule has 0 saturated heterocycles. The van der Waals surface area contributed by atoms with E-state index in [9.17, 15) is 57.9 Å². The molecule has 119 heavy (non-hydrogen) atoms. The summed E-state index contributed by atoms with van der Waals surface area (Å²) >= 11 is 22.7. The highest BCUT2D eigenvalue weighted by molar-refractivity contribution is 7.69. The molecule has 0 amide bonds. The van der Waals surface area contributed by atoms with Crippen molar-refractivity contribution in [1.82, 2.24) is 0 Å². The molecule has 7 aromatic rings. The summed E-state index contributed by atoms with van der Waals surface area (Å²) in [5, 5.41) is 41.7. The highest BCUT2D eigenvalue weighted by atomic mass is 35.5. The molecule has 31 heteroatoms. The van der Waals surface area contributed by atoms with Gasteiger partial charge in [-0.2, -0.15) is 0 Å². The Balaban J connectivity index is 0.000000283. The van der Waals surface area contributed by atoms with Crippen molar-refractivity contribution in [1.29, 1.82) is 0 Å². The zero-order chi connectivity index (χ0) is 90.4. The van der Waals surface area contributed by atoms with Crippen molar-refractivity contribution < 1.29 is 76.0 Å². The van der Waals surface area contributed by atoms with Gasteiger partial charge in [0.1, 0.15) is 19.5 Å². The van der Waals surface area contributed by atoms with E-state index in [1.807, 2.05) is 144 Å². The molecule has 0 bridgehead atoms. The first-order valence-corrected chi connectivity index (χ1v) is 49.5. The summed E-state index contributed by atoms with van der Waals surface area (Å²) in [4.78, 5) is 50.9. The summed E-state index contributed by atoms with van der Waals surface area (Å²) in [7, 11) is -10.0. The van der Waals surface area contributed by atoms with E-state index >= 15 is 0 Å². The Kier molecular flexibility index (Phi) is 36.9. The number of aryl methyl sites for hydroxylation is 2. The maximum atomic E-state index is 14.2. The molecule has 4 N–H and O–H groups in total. The number of halogens is 3. The van der Waals surface area contributed by atoms with Gasteiger partial charge >= 0.3 is 46.4 Å². The first-order valence-electron chi connectivity index (χ1n) is 38.7. The van der Waals surface area contributed by atoms with Crippen LogP contribution >= 0.6 is 110 Å². The third-order valence-electron chi connectivity index (χ3n) is 17.5. The number of hydrogen-bond acceptors (Lipinski definition) is 16. The molecular weight excluding hydrogens is 1730 g/mol. The highest BCUT2D eigenvalue weighted by Gasteiger charge is 2.46. The molecule has 0 radical (unpaired) electrons. The maximum absolute atomic E-state index is 14.2. The molecule has 1 aliphatic carbocycles. The summed E-state index contributed by atoms with van der Waals surface area (Å²) in [5.74, 6) is 21.1. The second kappa shape index (κ2) is 42.7. The first kappa shape index (κ1) is 103. The lowest BCUT2D eigenvalue weighted by molar-refractivity contribution is 0.0692. The molecule has 4 atom stereocenters. The zero-order valence-corrected chi connectivity index (χ0v) is 82.2. The highest BCUT2D eigenvalue weighted by Crippen LogP contribution is 2.63. The van der Waals surface area contributed by atoms with Crippen molar-refractivity contribution in [2.75, 3.05) is 46.6 Å². The van der Waals surface area contributed by atoms with Crippen LogP contribution in [0.25, 0.3) is 0 Å². The SMILES string of the molecule is CCOP(=O)(c1ccc(C)cc1)N(c1cc(C#CC(C)(C)C)sc1C(=O)O)C(C)C.COP(=O)(C1CCC(C)CC1)N(c1cc(C#CC(C)(C)C)sc1C(=O)O)C(C)C.COP(=O)(c1ccc(Cl)cc1C)N(c1cc(C#CC(C)(C)C)sc1C(=O)O)C(C)C.COP(=O)(c1ccc(Cl)cc1Cl)N(c1cc(C#CC(C)(C)C)sc1C(=O)O)C(C)C. The van der Waals surface area contributed by atoms with E-state index in [0.717, 1.165) is 76.6 Å². The van der Waals surface area contributed by atoms with Gasteiger partial charge in [0.25, 0.3) is 7.52 Å². The Bertz CT molecular complexity index is 5090. The van der Waals surface area contributed by atoms with Crippen molar-refractivity contribution in [3.05, 3.63) is 150 Å².